The largest absolute Gasteiger partial charge is 0.477 e. The Morgan fingerprint density at radius 1 is 1.06 bits per heavy atom. The lowest BCUT2D eigenvalue weighted by atomic mass is 10.1. The van der Waals surface area contributed by atoms with Crippen LogP contribution in [0.15, 0.2) is 52.2 Å². The molecule has 11 heteroatoms. The molecule has 2 aromatic carbocycles. The molecule has 4 aromatic rings. The number of nitrogens with zero attached hydrogens (tertiary/aromatic N) is 4. The number of morpholine rings is 1. The number of hydrogen-bond acceptors (Lipinski definition) is 5. The number of fused-ring (bicyclic) bond motifs is 1. The Morgan fingerprint density at radius 2 is 1.72 bits per heavy atom. The zero-order chi connectivity index (χ0) is 25.7. The highest BCUT2D eigenvalue weighted by Gasteiger charge is 2.28. The van der Waals surface area contributed by atoms with Gasteiger partial charge in [0.25, 0.3) is 5.56 Å². The number of benzene rings is 2. The fourth-order valence-corrected chi connectivity index (χ4v) is 4.64. The van der Waals surface area contributed by atoms with Crippen LogP contribution in [0.4, 0.5) is 14.5 Å². The number of aromatic nitrogens is 3. The molecular formula is C25H22F2N4O5. The third kappa shape index (κ3) is 3.51. The van der Waals surface area contributed by atoms with Crippen molar-refractivity contribution in [3.8, 4) is 11.4 Å². The minimum Gasteiger partial charge on any atom is -0.477 e. The summed E-state index contributed by atoms with van der Waals surface area (Å²) in [5.74, 6) is -3.64. The third-order valence-corrected chi connectivity index (χ3v) is 6.48. The molecule has 36 heavy (non-hydrogen) atoms. The van der Waals surface area contributed by atoms with Gasteiger partial charge in [-0.05, 0) is 25.1 Å². The first-order valence-corrected chi connectivity index (χ1v) is 11.2. The van der Waals surface area contributed by atoms with Gasteiger partial charge in [-0.25, -0.2) is 18.3 Å². The molecule has 186 valence electrons. The normalized spacial score (nSPS) is 13.9. The van der Waals surface area contributed by atoms with Crippen LogP contribution < -0.4 is 15.9 Å². The van der Waals surface area contributed by atoms with Gasteiger partial charge in [-0.15, -0.1) is 0 Å². The molecule has 0 radical (unpaired) electrons. The Kier molecular flexibility index (Phi) is 5.71. The summed E-state index contributed by atoms with van der Waals surface area (Å²) < 4.78 is 40.5. The van der Waals surface area contributed by atoms with E-state index in [0.717, 1.165) is 16.8 Å². The monoisotopic (exact) mass is 496 g/mol. The molecule has 9 nitrogen and oxygen atoms in total. The standard InChI is InChI=1S/C25H22F2N4O5/c1-14-20(24(33)31(28(14)2)15-6-4-3-5-7-15)30-13-17(25(34)35)23(32)16-12-18(26)22(19(27)21(16)30)29-8-10-36-11-9-29/h3-7,12-13H,8-11H2,1-2H3,(H,34,35). The fourth-order valence-electron chi connectivity index (χ4n) is 4.64. The number of pyridine rings is 1. The van der Waals surface area contributed by atoms with E-state index in [2.05, 4.69) is 0 Å². The van der Waals surface area contributed by atoms with Crippen molar-refractivity contribution < 1.29 is 23.4 Å². The Bertz CT molecular complexity index is 1630. The highest BCUT2D eigenvalue weighted by molar-refractivity contribution is 5.94. The zero-order valence-corrected chi connectivity index (χ0v) is 19.5. The molecule has 0 amide bonds. The lowest BCUT2D eigenvalue weighted by Crippen LogP contribution is -2.37. The minimum absolute atomic E-state index is 0.0627. The number of ether oxygens (including phenoxy) is 1. The summed E-state index contributed by atoms with van der Waals surface area (Å²) in [4.78, 5) is 40.0. The van der Waals surface area contributed by atoms with Crippen molar-refractivity contribution >= 4 is 22.6 Å². The SMILES string of the molecule is Cc1c(-n2cc(C(=O)O)c(=O)c3cc(F)c(N4CCOCC4)c(F)c32)c(=O)n(-c2ccccc2)n1C. The Morgan fingerprint density at radius 3 is 2.36 bits per heavy atom. The number of carboxylic acid groups (broad SMARTS) is 1. The molecule has 1 aliphatic heterocycles. The molecule has 1 aliphatic rings. The average molecular weight is 496 g/mol. The lowest BCUT2D eigenvalue weighted by molar-refractivity contribution is 0.0695. The van der Waals surface area contributed by atoms with Gasteiger partial charge in [0.2, 0.25) is 5.43 Å². The molecule has 0 aliphatic carbocycles. The Balaban J connectivity index is 1.90. The summed E-state index contributed by atoms with van der Waals surface area (Å²) in [6, 6.07) is 9.54. The maximum atomic E-state index is 16.1. The summed E-state index contributed by atoms with van der Waals surface area (Å²) in [6.07, 6.45) is 0.927. The van der Waals surface area contributed by atoms with Gasteiger partial charge >= 0.3 is 5.97 Å². The molecular weight excluding hydrogens is 474 g/mol. The number of carboxylic acids is 1. The van der Waals surface area contributed by atoms with Crippen molar-refractivity contribution in [1.29, 1.82) is 0 Å². The highest BCUT2D eigenvalue weighted by atomic mass is 19.1. The van der Waals surface area contributed by atoms with Crippen molar-refractivity contribution in [3.05, 3.63) is 86.1 Å². The van der Waals surface area contributed by atoms with Crippen LogP contribution in [0.2, 0.25) is 0 Å². The summed E-state index contributed by atoms with van der Waals surface area (Å²) in [7, 11) is 1.63. The summed E-state index contributed by atoms with van der Waals surface area (Å²) in [6.45, 7) is 2.59. The van der Waals surface area contributed by atoms with E-state index in [0.29, 0.717) is 11.4 Å². The number of hydrogen-bond donors (Lipinski definition) is 1. The summed E-state index contributed by atoms with van der Waals surface area (Å²) in [5.41, 5.74) is -2.22. The topological polar surface area (TPSA) is 98.7 Å². The van der Waals surface area contributed by atoms with E-state index in [9.17, 15) is 19.5 Å². The molecule has 0 atom stereocenters. The zero-order valence-electron chi connectivity index (χ0n) is 19.5. The highest BCUT2D eigenvalue weighted by Crippen LogP contribution is 2.32. The molecule has 2 aromatic heterocycles. The third-order valence-electron chi connectivity index (χ3n) is 6.48. The lowest BCUT2D eigenvalue weighted by Gasteiger charge is -2.30. The number of para-hydroxylation sites is 1. The average Bonchev–Trinajstić information content (AvgIpc) is 3.08. The molecule has 0 unspecified atom stereocenters. The number of halogens is 2. The predicted molar refractivity (Wildman–Crippen MR) is 129 cm³/mol. The van der Waals surface area contributed by atoms with Crippen molar-refractivity contribution in [3.63, 3.8) is 0 Å². The first-order chi connectivity index (χ1) is 17.2. The van der Waals surface area contributed by atoms with Crippen molar-refractivity contribution in [2.24, 2.45) is 7.05 Å². The van der Waals surface area contributed by atoms with Crippen LogP contribution in [0.1, 0.15) is 16.1 Å². The van der Waals surface area contributed by atoms with Gasteiger partial charge in [-0.1, -0.05) is 18.2 Å². The van der Waals surface area contributed by atoms with Crippen LogP contribution in [0.25, 0.3) is 22.3 Å². The van der Waals surface area contributed by atoms with Gasteiger partial charge < -0.3 is 19.3 Å². The Hall–Kier alpha value is -4.25. The van der Waals surface area contributed by atoms with E-state index in [1.54, 1.807) is 49.0 Å². The van der Waals surface area contributed by atoms with E-state index in [1.165, 1.54) is 9.58 Å². The first-order valence-electron chi connectivity index (χ1n) is 11.2. The van der Waals surface area contributed by atoms with E-state index in [1.807, 2.05) is 0 Å². The number of rotatable bonds is 4. The molecule has 0 saturated carbocycles. The second-order valence-electron chi connectivity index (χ2n) is 8.47. The van der Waals surface area contributed by atoms with Crippen molar-refractivity contribution in [2.45, 2.75) is 6.92 Å². The summed E-state index contributed by atoms with van der Waals surface area (Å²) >= 11 is 0. The Labute approximate surface area is 203 Å². The molecule has 1 fully saturated rings. The molecule has 3 heterocycles. The first kappa shape index (κ1) is 23.5. The van der Waals surface area contributed by atoms with Crippen LogP contribution in [0.5, 0.6) is 0 Å². The van der Waals surface area contributed by atoms with Gasteiger partial charge in [-0.2, -0.15) is 0 Å². The van der Waals surface area contributed by atoms with E-state index >= 15 is 8.78 Å². The van der Waals surface area contributed by atoms with Gasteiger partial charge in [0.1, 0.15) is 22.8 Å². The van der Waals surface area contributed by atoms with Crippen molar-refractivity contribution in [1.82, 2.24) is 13.9 Å². The molecule has 5 rings (SSSR count). The van der Waals surface area contributed by atoms with Crippen LogP contribution in [-0.2, 0) is 11.8 Å². The van der Waals surface area contributed by atoms with E-state index in [4.69, 9.17) is 4.74 Å². The van der Waals surface area contributed by atoms with E-state index < -0.39 is 39.5 Å². The van der Waals surface area contributed by atoms with Gasteiger partial charge in [0.15, 0.2) is 5.82 Å². The van der Waals surface area contributed by atoms with Gasteiger partial charge in [0.05, 0.1) is 35.5 Å². The van der Waals surface area contributed by atoms with E-state index in [-0.39, 0.29) is 43.2 Å². The second kappa shape index (κ2) is 8.76. The molecule has 1 saturated heterocycles. The van der Waals surface area contributed by atoms with Gasteiger partial charge in [-0.3, -0.25) is 14.3 Å². The molecule has 0 spiro atoms. The van der Waals surface area contributed by atoms with Crippen LogP contribution in [-0.4, -0.2) is 51.3 Å². The maximum Gasteiger partial charge on any atom is 0.341 e. The minimum atomic E-state index is -1.58. The van der Waals surface area contributed by atoms with Crippen LogP contribution in [0, 0.1) is 18.6 Å². The number of anilines is 1. The maximum absolute atomic E-state index is 16.1. The van der Waals surface area contributed by atoms with Crippen LogP contribution >= 0.6 is 0 Å². The van der Waals surface area contributed by atoms with Crippen molar-refractivity contribution in [2.75, 3.05) is 31.2 Å². The number of carbonyl (C=O) groups is 1. The smallest absolute Gasteiger partial charge is 0.341 e. The van der Waals surface area contributed by atoms with Gasteiger partial charge in [0, 0.05) is 26.3 Å². The predicted octanol–water partition coefficient (Wildman–Crippen LogP) is 2.60. The number of aromatic carboxylic acids is 1. The molecule has 0 bridgehead atoms. The summed E-state index contributed by atoms with van der Waals surface area (Å²) in [5, 5.41) is 9.18. The molecule has 1 N–H and O–H groups in total. The quantitative estimate of drug-likeness (QED) is 0.467. The van der Waals surface area contributed by atoms with Crippen LogP contribution in [0.3, 0.4) is 0 Å². The fraction of sp³-hybridized carbons (Fsp3) is 0.240. The second-order valence-corrected chi connectivity index (χ2v) is 8.47.